The van der Waals surface area contributed by atoms with Crippen molar-refractivity contribution in [3.05, 3.63) is 47.4 Å². The topological polar surface area (TPSA) is 97.7 Å². The maximum atomic E-state index is 13.2. The number of rotatable bonds is 8. The smallest absolute Gasteiger partial charge is 0.240 e. The van der Waals surface area contributed by atoms with Crippen molar-refractivity contribution in [2.45, 2.75) is 39.0 Å². The van der Waals surface area contributed by atoms with Crippen LogP contribution in [0.2, 0.25) is 0 Å². The van der Waals surface area contributed by atoms with Crippen LogP contribution in [0.1, 0.15) is 49.7 Å². The number of nitrogens with two attached hydrogens (primary N) is 1. The third-order valence-corrected chi connectivity index (χ3v) is 5.07. The molecular weight excluding hydrogens is 377 g/mol. The molecule has 1 aliphatic heterocycles. The van der Waals surface area contributed by atoms with Crippen LogP contribution in [0.15, 0.2) is 28.8 Å². The molecule has 29 heavy (non-hydrogen) atoms. The first kappa shape index (κ1) is 21.4. The van der Waals surface area contributed by atoms with Gasteiger partial charge in [-0.15, -0.1) is 0 Å². The van der Waals surface area contributed by atoms with Gasteiger partial charge in [0, 0.05) is 26.2 Å². The molecule has 0 bridgehead atoms. The van der Waals surface area contributed by atoms with Crippen LogP contribution in [0.3, 0.4) is 0 Å². The lowest BCUT2D eigenvalue weighted by Gasteiger charge is -2.28. The van der Waals surface area contributed by atoms with Crippen LogP contribution < -0.4 is 5.73 Å². The summed E-state index contributed by atoms with van der Waals surface area (Å²) in [5.74, 6) is 0.321. The molecule has 3 rings (SSSR count). The summed E-state index contributed by atoms with van der Waals surface area (Å²) in [4.78, 5) is 20.8. The summed E-state index contributed by atoms with van der Waals surface area (Å²) >= 11 is 0. The highest BCUT2D eigenvalue weighted by molar-refractivity contribution is 5.81. The van der Waals surface area contributed by atoms with Gasteiger partial charge in [0.2, 0.25) is 11.8 Å². The predicted octanol–water partition coefficient (Wildman–Crippen LogP) is 2.04. The van der Waals surface area contributed by atoms with Gasteiger partial charge in [-0.2, -0.15) is 4.98 Å². The second kappa shape index (κ2) is 9.91. The molecule has 2 N–H and O–H groups in total. The Hall–Kier alpha value is -2.36. The van der Waals surface area contributed by atoms with Crippen LogP contribution in [0, 0.1) is 5.82 Å². The lowest BCUT2D eigenvalue weighted by atomic mass is 10.0. The first-order valence-electron chi connectivity index (χ1n) is 9.93. The number of primary amides is 1. The van der Waals surface area contributed by atoms with Crippen molar-refractivity contribution in [1.29, 1.82) is 0 Å². The molecule has 1 aromatic carbocycles. The number of ether oxygens (including phenoxy) is 1. The van der Waals surface area contributed by atoms with E-state index in [1.165, 1.54) is 12.1 Å². The van der Waals surface area contributed by atoms with E-state index < -0.39 is 11.9 Å². The number of carbonyl (C=O) groups is 1. The molecule has 2 aromatic rings. The number of amides is 1. The Morgan fingerprint density at radius 3 is 2.72 bits per heavy atom. The molecular formula is C20H28FN5O3. The summed E-state index contributed by atoms with van der Waals surface area (Å²) in [7, 11) is 0. The fourth-order valence-electron chi connectivity index (χ4n) is 3.62. The number of aromatic nitrogens is 2. The molecule has 0 saturated carbocycles. The summed E-state index contributed by atoms with van der Waals surface area (Å²) in [5, 5.41) is 4.00. The van der Waals surface area contributed by atoms with E-state index in [0.29, 0.717) is 37.0 Å². The maximum Gasteiger partial charge on any atom is 0.240 e. The summed E-state index contributed by atoms with van der Waals surface area (Å²) in [5.41, 5.74) is 6.38. The Morgan fingerprint density at radius 2 is 2.03 bits per heavy atom. The van der Waals surface area contributed by atoms with Crippen LogP contribution in [0.5, 0.6) is 0 Å². The lowest BCUT2D eigenvalue weighted by molar-refractivity contribution is -0.123. The van der Waals surface area contributed by atoms with E-state index in [1.54, 1.807) is 12.1 Å². The van der Waals surface area contributed by atoms with Gasteiger partial charge in [-0.1, -0.05) is 17.3 Å². The van der Waals surface area contributed by atoms with E-state index in [2.05, 4.69) is 15.0 Å². The van der Waals surface area contributed by atoms with Gasteiger partial charge in [0.1, 0.15) is 18.0 Å². The largest absolute Gasteiger partial charge is 0.371 e. The van der Waals surface area contributed by atoms with Crippen molar-refractivity contribution in [2.75, 3.05) is 32.8 Å². The van der Waals surface area contributed by atoms with Gasteiger partial charge >= 0.3 is 0 Å². The van der Waals surface area contributed by atoms with Crippen molar-refractivity contribution in [3.8, 4) is 0 Å². The van der Waals surface area contributed by atoms with E-state index in [-0.39, 0.29) is 11.9 Å². The molecule has 1 amide bonds. The molecule has 9 heteroatoms. The number of hydrogen-bond acceptors (Lipinski definition) is 7. The van der Waals surface area contributed by atoms with Crippen LogP contribution in [-0.4, -0.2) is 58.6 Å². The number of benzene rings is 1. The average Bonchev–Trinajstić information content (AvgIpc) is 3.04. The highest BCUT2D eigenvalue weighted by Gasteiger charge is 2.28. The van der Waals surface area contributed by atoms with E-state index >= 15 is 0 Å². The molecule has 0 unspecified atom stereocenters. The Labute approximate surface area is 169 Å². The Bertz CT molecular complexity index is 798. The molecule has 8 nitrogen and oxygen atoms in total. The van der Waals surface area contributed by atoms with Crippen molar-refractivity contribution < 1.29 is 18.4 Å². The summed E-state index contributed by atoms with van der Waals surface area (Å²) in [6.45, 7) is 7.87. The molecule has 1 aliphatic rings. The van der Waals surface area contributed by atoms with Gasteiger partial charge < -0.3 is 15.0 Å². The standard InChI is InChI=1S/C20H28FN5O3/c1-3-28-14(2)20-23-17(29-24-20)13-25-9-4-10-26(12-11-25)18(19(22)27)15-5-7-16(21)8-6-15/h5-8,14,18H,3-4,9-13H2,1-2H3,(H2,22,27)/t14-,18+/m1/s1. The predicted molar refractivity (Wildman–Crippen MR) is 104 cm³/mol. The number of nitrogens with zero attached hydrogens (tertiary/aromatic N) is 4. The van der Waals surface area contributed by atoms with Crippen molar-refractivity contribution in [1.82, 2.24) is 19.9 Å². The van der Waals surface area contributed by atoms with Crippen molar-refractivity contribution in [3.63, 3.8) is 0 Å². The van der Waals surface area contributed by atoms with Crippen LogP contribution in [0.25, 0.3) is 0 Å². The van der Waals surface area contributed by atoms with E-state index in [0.717, 1.165) is 26.1 Å². The van der Waals surface area contributed by atoms with Crippen LogP contribution in [-0.2, 0) is 16.1 Å². The fourth-order valence-corrected chi connectivity index (χ4v) is 3.62. The molecule has 158 valence electrons. The maximum absolute atomic E-state index is 13.2. The Morgan fingerprint density at radius 1 is 1.28 bits per heavy atom. The number of carbonyl (C=O) groups excluding carboxylic acids is 1. The third-order valence-electron chi connectivity index (χ3n) is 5.07. The quantitative estimate of drug-likeness (QED) is 0.718. The number of halogens is 1. The third kappa shape index (κ3) is 5.59. The zero-order chi connectivity index (χ0) is 20.8. The lowest BCUT2D eigenvalue weighted by Crippen LogP contribution is -2.40. The second-order valence-electron chi connectivity index (χ2n) is 7.17. The Kier molecular flexibility index (Phi) is 7.29. The first-order chi connectivity index (χ1) is 14.0. The highest BCUT2D eigenvalue weighted by Crippen LogP contribution is 2.23. The SMILES string of the molecule is CCO[C@H](C)c1noc(CN2CCCN([C@H](C(N)=O)c3ccc(F)cc3)CC2)n1. The van der Waals surface area contributed by atoms with Gasteiger partial charge in [0.25, 0.3) is 0 Å². The number of hydrogen-bond donors (Lipinski definition) is 1. The molecule has 1 aromatic heterocycles. The minimum atomic E-state index is -0.572. The van der Waals surface area contributed by atoms with Gasteiger partial charge in [0.15, 0.2) is 5.82 Å². The minimum absolute atomic E-state index is 0.204. The molecule has 2 atom stereocenters. The molecule has 1 saturated heterocycles. The van der Waals surface area contributed by atoms with Gasteiger partial charge in [0.05, 0.1) is 6.54 Å². The van der Waals surface area contributed by atoms with Gasteiger partial charge in [-0.3, -0.25) is 14.6 Å². The van der Waals surface area contributed by atoms with E-state index in [9.17, 15) is 9.18 Å². The Balaban J connectivity index is 1.62. The van der Waals surface area contributed by atoms with Gasteiger partial charge in [-0.05, 0) is 44.5 Å². The molecule has 1 fully saturated rings. The summed E-state index contributed by atoms with van der Waals surface area (Å²) < 4.78 is 24.1. The van der Waals surface area contributed by atoms with E-state index in [1.807, 2.05) is 18.7 Å². The normalized spacial score (nSPS) is 18.3. The summed E-state index contributed by atoms with van der Waals surface area (Å²) in [6, 6.07) is 5.37. The zero-order valence-corrected chi connectivity index (χ0v) is 16.9. The van der Waals surface area contributed by atoms with Crippen LogP contribution in [0.4, 0.5) is 4.39 Å². The molecule has 2 heterocycles. The second-order valence-corrected chi connectivity index (χ2v) is 7.17. The fraction of sp³-hybridized carbons (Fsp3) is 0.550. The van der Waals surface area contributed by atoms with Crippen molar-refractivity contribution >= 4 is 5.91 Å². The highest BCUT2D eigenvalue weighted by atomic mass is 19.1. The minimum Gasteiger partial charge on any atom is -0.371 e. The first-order valence-corrected chi connectivity index (χ1v) is 9.93. The molecule has 0 spiro atoms. The monoisotopic (exact) mass is 405 g/mol. The van der Waals surface area contributed by atoms with Crippen molar-refractivity contribution in [2.24, 2.45) is 5.73 Å². The van der Waals surface area contributed by atoms with Crippen LogP contribution >= 0.6 is 0 Å². The summed E-state index contributed by atoms with van der Waals surface area (Å²) in [6.07, 6.45) is 0.658. The average molecular weight is 405 g/mol. The molecule has 0 radical (unpaired) electrons. The molecule has 0 aliphatic carbocycles. The zero-order valence-electron chi connectivity index (χ0n) is 16.9. The van der Waals surface area contributed by atoms with E-state index in [4.69, 9.17) is 15.0 Å². The van der Waals surface area contributed by atoms with Gasteiger partial charge in [-0.25, -0.2) is 4.39 Å².